The molecule has 2 unspecified atom stereocenters. The number of ether oxygens (including phenoxy) is 1. The fourth-order valence-corrected chi connectivity index (χ4v) is 3.57. The van der Waals surface area contributed by atoms with Gasteiger partial charge in [-0.15, -0.1) is 0 Å². The standard InChI is InChI=1S/C15H20BN3O8S/c1-27-9-3-2-7(13(21)12(9)15(23)24)4-10(16(25)26)28-6-11(20)19-5-8(17)14(22)18-19/h2-3,8,10,21,25-26H,4-6,17H2,1H3,(H,18,22)(H,23,24). The molecule has 1 fully saturated rings. The van der Waals surface area contributed by atoms with Gasteiger partial charge in [0.05, 0.1) is 19.4 Å². The molecule has 2 atom stereocenters. The van der Waals surface area contributed by atoms with Crippen molar-refractivity contribution in [3.63, 3.8) is 0 Å². The van der Waals surface area contributed by atoms with Crippen molar-refractivity contribution in [1.29, 1.82) is 0 Å². The van der Waals surface area contributed by atoms with E-state index in [9.17, 15) is 34.6 Å². The molecule has 13 heteroatoms. The van der Waals surface area contributed by atoms with Crippen molar-refractivity contribution in [2.45, 2.75) is 17.6 Å². The van der Waals surface area contributed by atoms with Gasteiger partial charge in [0.2, 0.25) is 0 Å². The quantitative estimate of drug-likeness (QED) is 0.260. The van der Waals surface area contributed by atoms with Gasteiger partial charge in [0, 0.05) is 5.15 Å². The van der Waals surface area contributed by atoms with E-state index >= 15 is 0 Å². The number of phenols is 1. The minimum absolute atomic E-state index is 0.00577. The number of methoxy groups -OCH3 is 1. The molecule has 0 spiro atoms. The zero-order valence-corrected chi connectivity index (χ0v) is 15.7. The normalized spacial score (nSPS) is 17.2. The number of aromatic hydroxyl groups is 1. The van der Waals surface area contributed by atoms with Gasteiger partial charge in [0.25, 0.3) is 11.8 Å². The molecule has 1 aromatic carbocycles. The predicted octanol–water partition coefficient (Wildman–Crippen LogP) is -2.04. The second-order valence-electron chi connectivity index (χ2n) is 6.01. The van der Waals surface area contributed by atoms with Crippen LogP contribution in [-0.2, 0) is 16.0 Å². The zero-order valence-electron chi connectivity index (χ0n) is 14.9. The number of carboxylic acid groups (broad SMARTS) is 1. The van der Waals surface area contributed by atoms with Crippen LogP contribution < -0.4 is 15.9 Å². The number of carboxylic acids is 1. The highest BCUT2D eigenvalue weighted by Gasteiger charge is 2.33. The van der Waals surface area contributed by atoms with Crippen molar-refractivity contribution < 1.29 is 39.4 Å². The number of nitrogens with two attached hydrogens (primary N) is 1. The molecule has 0 bridgehead atoms. The Balaban J connectivity index is 2.09. The van der Waals surface area contributed by atoms with E-state index in [1.54, 1.807) is 0 Å². The molecule has 7 N–H and O–H groups in total. The van der Waals surface area contributed by atoms with E-state index < -0.39 is 47.4 Å². The van der Waals surface area contributed by atoms with Gasteiger partial charge in [0.15, 0.2) is 0 Å². The van der Waals surface area contributed by atoms with Crippen molar-refractivity contribution in [3.8, 4) is 11.5 Å². The Morgan fingerprint density at radius 2 is 2.14 bits per heavy atom. The molecule has 2 amide bonds. The molecule has 0 aromatic heterocycles. The van der Waals surface area contributed by atoms with E-state index in [4.69, 9.17) is 10.5 Å². The lowest BCUT2D eigenvalue weighted by atomic mass is 9.81. The van der Waals surface area contributed by atoms with Gasteiger partial charge in [-0.1, -0.05) is 6.07 Å². The van der Waals surface area contributed by atoms with Gasteiger partial charge in [-0.25, -0.2) is 4.79 Å². The number of nitrogens with zero attached hydrogens (tertiary/aromatic N) is 1. The van der Waals surface area contributed by atoms with Crippen LogP contribution in [0.25, 0.3) is 0 Å². The number of thioether (sulfide) groups is 1. The Bertz CT molecular complexity index is 778. The Morgan fingerprint density at radius 3 is 2.64 bits per heavy atom. The molecule has 0 radical (unpaired) electrons. The van der Waals surface area contributed by atoms with Crippen molar-refractivity contribution >= 4 is 36.7 Å². The number of amides is 2. The number of carbonyl (C=O) groups is 3. The summed E-state index contributed by atoms with van der Waals surface area (Å²) in [5.74, 6) is -3.16. The van der Waals surface area contributed by atoms with Crippen LogP contribution in [0.2, 0.25) is 0 Å². The van der Waals surface area contributed by atoms with Crippen LogP contribution in [0, 0.1) is 0 Å². The van der Waals surface area contributed by atoms with Crippen molar-refractivity contribution in [3.05, 3.63) is 23.3 Å². The van der Waals surface area contributed by atoms with Crippen LogP contribution in [0.1, 0.15) is 15.9 Å². The van der Waals surface area contributed by atoms with E-state index in [1.807, 2.05) is 0 Å². The maximum absolute atomic E-state index is 12.1. The number of benzene rings is 1. The summed E-state index contributed by atoms with van der Waals surface area (Å²) < 4.78 is 4.91. The smallest absolute Gasteiger partial charge is 0.465 e. The molecule has 0 saturated carbocycles. The molecule has 1 aliphatic heterocycles. The summed E-state index contributed by atoms with van der Waals surface area (Å²) in [6.07, 6.45) is -0.127. The van der Waals surface area contributed by atoms with Gasteiger partial charge < -0.3 is 30.7 Å². The third kappa shape index (κ3) is 4.87. The minimum Gasteiger partial charge on any atom is -0.507 e. The molecular weight excluding hydrogens is 393 g/mol. The average molecular weight is 413 g/mol. The van der Waals surface area contributed by atoms with Gasteiger partial charge >= 0.3 is 13.1 Å². The van der Waals surface area contributed by atoms with E-state index in [2.05, 4.69) is 5.43 Å². The van der Waals surface area contributed by atoms with E-state index in [0.717, 1.165) is 16.8 Å². The van der Waals surface area contributed by atoms with E-state index in [1.165, 1.54) is 19.2 Å². The number of rotatable bonds is 8. The van der Waals surface area contributed by atoms with Crippen LogP contribution in [0.15, 0.2) is 12.1 Å². The van der Waals surface area contributed by atoms with Crippen LogP contribution in [0.3, 0.4) is 0 Å². The summed E-state index contributed by atoms with van der Waals surface area (Å²) in [5, 5.41) is 38.8. The summed E-state index contributed by atoms with van der Waals surface area (Å²) >= 11 is 0.882. The maximum atomic E-state index is 12.1. The third-order valence-corrected chi connectivity index (χ3v) is 5.35. The monoisotopic (exact) mass is 413 g/mol. The van der Waals surface area contributed by atoms with E-state index in [-0.39, 0.29) is 30.0 Å². The van der Waals surface area contributed by atoms with Crippen LogP contribution in [0.4, 0.5) is 0 Å². The highest BCUT2D eigenvalue weighted by atomic mass is 32.2. The Kier molecular flexibility index (Phi) is 7.13. The number of nitrogens with one attached hydrogen (secondary N) is 1. The lowest BCUT2D eigenvalue weighted by Gasteiger charge is -2.19. The van der Waals surface area contributed by atoms with Crippen molar-refractivity contribution in [2.24, 2.45) is 5.73 Å². The average Bonchev–Trinajstić information content (AvgIpc) is 2.97. The number of hydrogen-bond donors (Lipinski definition) is 6. The first-order valence-electron chi connectivity index (χ1n) is 8.12. The molecule has 1 aromatic rings. The van der Waals surface area contributed by atoms with Crippen LogP contribution in [0.5, 0.6) is 11.5 Å². The largest absolute Gasteiger partial charge is 0.507 e. The number of carbonyl (C=O) groups excluding carboxylic acids is 2. The van der Waals surface area contributed by atoms with Crippen molar-refractivity contribution in [1.82, 2.24) is 10.4 Å². The van der Waals surface area contributed by atoms with Crippen LogP contribution >= 0.6 is 11.8 Å². The number of hydrazine groups is 1. The lowest BCUT2D eigenvalue weighted by molar-refractivity contribution is -0.133. The fraction of sp³-hybridized carbons (Fsp3) is 0.400. The van der Waals surface area contributed by atoms with Gasteiger partial charge in [-0.05, 0) is 18.1 Å². The maximum Gasteiger partial charge on any atom is 0.465 e. The molecule has 152 valence electrons. The first kappa shape index (κ1) is 21.8. The second kappa shape index (κ2) is 9.14. The Morgan fingerprint density at radius 1 is 1.46 bits per heavy atom. The van der Waals surface area contributed by atoms with Gasteiger partial charge in [0.1, 0.15) is 23.1 Å². The highest BCUT2D eigenvalue weighted by Crippen LogP contribution is 2.33. The fourth-order valence-electron chi connectivity index (χ4n) is 2.59. The first-order valence-corrected chi connectivity index (χ1v) is 9.16. The SMILES string of the molecule is COc1ccc(CC(SCC(=O)N2CC(N)C(=O)N2)B(O)O)c(O)c1C(=O)O. The molecule has 1 heterocycles. The van der Waals surface area contributed by atoms with Crippen molar-refractivity contribution in [2.75, 3.05) is 19.4 Å². The molecule has 11 nitrogen and oxygen atoms in total. The Hall–Kier alpha value is -2.48. The Labute approximate surface area is 164 Å². The predicted molar refractivity (Wildman–Crippen MR) is 99.6 cm³/mol. The summed E-state index contributed by atoms with van der Waals surface area (Å²) in [6, 6.07) is 1.92. The summed E-state index contributed by atoms with van der Waals surface area (Å²) in [5.41, 5.74) is 7.53. The van der Waals surface area contributed by atoms with E-state index in [0.29, 0.717) is 0 Å². The minimum atomic E-state index is -1.84. The molecule has 2 rings (SSSR count). The first-order chi connectivity index (χ1) is 13.1. The lowest BCUT2D eigenvalue weighted by Crippen LogP contribution is -2.40. The summed E-state index contributed by atoms with van der Waals surface area (Å²) in [6.45, 7) is 0.00577. The number of aromatic carboxylic acids is 1. The van der Waals surface area contributed by atoms with Crippen LogP contribution in [-0.4, -0.2) is 80.8 Å². The second-order valence-corrected chi connectivity index (χ2v) is 7.24. The third-order valence-electron chi connectivity index (χ3n) is 4.09. The molecule has 1 saturated heterocycles. The molecule has 0 aliphatic carbocycles. The molecular formula is C15H20BN3O8S. The summed E-state index contributed by atoms with van der Waals surface area (Å²) in [7, 11) is -0.589. The highest BCUT2D eigenvalue weighted by molar-refractivity contribution is 8.01. The topological polar surface area (TPSA) is 183 Å². The van der Waals surface area contributed by atoms with Gasteiger partial charge in [-0.3, -0.25) is 20.0 Å². The molecule has 28 heavy (non-hydrogen) atoms. The van der Waals surface area contributed by atoms with Gasteiger partial charge in [-0.2, -0.15) is 11.8 Å². The zero-order chi connectivity index (χ0) is 21.0. The molecule has 1 aliphatic rings. The number of hydrogen-bond acceptors (Lipinski definition) is 9. The summed E-state index contributed by atoms with van der Waals surface area (Å²) in [4.78, 5) is 34.8.